The molecule has 24 heavy (non-hydrogen) atoms. The van der Waals surface area contributed by atoms with E-state index in [-0.39, 0.29) is 18.3 Å². The van der Waals surface area contributed by atoms with E-state index in [1.807, 2.05) is 6.92 Å². The van der Waals surface area contributed by atoms with Crippen LogP contribution >= 0.6 is 0 Å². The number of alkyl carbamates (subject to hydrolysis) is 1. The summed E-state index contributed by atoms with van der Waals surface area (Å²) in [4.78, 5) is 34.0. The summed E-state index contributed by atoms with van der Waals surface area (Å²) < 4.78 is 10.2. The second-order valence-corrected chi connectivity index (χ2v) is 6.33. The Morgan fingerprint density at radius 2 is 1.71 bits per heavy atom. The van der Waals surface area contributed by atoms with Gasteiger partial charge < -0.3 is 19.9 Å². The molecule has 0 bridgehead atoms. The Labute approximate surface area is 144 Å². The number of esters is 1. The minimum atomic E-state index is -0.911. The van der Waals surface area contributed by atoms with E-state index in [0.29, 0.717) is 19.4 Å². The minimum absolute atomic E-state index is 0.147. The van der Waals surface area contributed by atoms with Crippen LogP contribution in [0, 0.1) is 17.8 Å². The molecule has 0 aromatic carbocycles. The van der Waals surface area contributed by atoms with Gasteiger partial charge in [-0.25, -0.2) is 4.79 Å². The lowest BCUT2D eigenvalue weighted by molar-refractivity contribution is -0.174. The summed E-state index contributed by atoms with van der Waals surface area (Å²) in [6, 6.07) is 0. The zero-order valence-electron chi connectivity index (χ0n) is 15.3. The van der Waals surface area contributed by atoms with Crippen LogP contribution in [-0.2, 0) is 19.1 Å². The number of carboxylic acid groups (broad SMARTS) is 1. The van der Waals surface area contributed by atoms with Crippen molar-refractivity contribution in [1.29, 1.82) is 0 Å². The average molecular weight is 345 g/mol. The molecule has 0 aliphatic rings. The van der Waals surface area contributed by atoms with Crippen molar-refractivity contribution in [2.75, 3.05) is 6.54 Å². The number of ether oxygens (including phenoxy) is 2. The van der Waals surface area contributed by atoms with Crippen LogP contribution in [-0.4, -0.2) is 36.0 Å². The number of hydrogen-bond acceptors (Lipinski definition) is 5. The van der Waals surface area contributed by atoms with Crippen molar-refractivity contribution >= 4 is 18.0 Å². The van der Waals surface area contributed by atoms with E-state index in [9.17, 15) is 14.4 Å². The Balaban J connectivity index is 4.26. The normalized spacial score (nSPS) is 14.6. The highest BCUT2D eigenvalue weighted by molar-refractivity contribution is 5.70. The lowest BCUT2D eigenvalue weighted by Crippen LogP contribution is -2.35. The number of carbonyl (C=O) groups excluding carboxylic acids is 2. The van der Waals surface area contributed by atoms with E-state index in [4.69, 9.17) is 14.6 Å². The van der Waals surface area contributed by atoms with E-state index in [1.54, 1.807) is 27.7 Å². The molecule has 0 heterocycles. The first-order valence-corrected chi connectivity index (χ1v) is 8.57. The molecule has 1 unspecified atom stereocenters. The Bertz CT molecular complexity index is 410. The molecule has 0 radical (unpaired) electrons. The lowest BCUT2D eigenvalue weighted by Gasteiger charge is -2.22. The molecule has 0 saturated heterocycles. The average Bonchev–Trinajstić information content (AvgIpc) is 2.52. The number of hydrogen-bond donors (Lipinski definition) is 2. The van der Waals surface area contributed by atoms with Gasteiger partial charge in [0.1, 0.15) is 0 Å². The number of amides is 1. The molecule has 140 valence electrons. The van der Waals surface area contributed by atoms with Gasteiger partial charge in [-0.3, -0.25) is 9.59 Å². The third-order valence-corrected chi connectivity index (χ3v) is 3.81. The van der Waals surface area contributed by atoms with Gasteiger partial charge in [-0.05, 0) is 18.8 Å². The number of aliphatic carboxylic acids is 1. The van der Waals surface area contributed by atoms with Crippen LogP contribution in [0.1, 0.15) is 60.3 Å². The van der Waals surface area contributed by atoms with Crippen molar-refractivity contribution in [2.24, 2.45) is 17.8 Å². The molecule has 0 aromatic rings. The van der Waals surface area contributed by atoms with Crippen molar-refractivity contribution in [1.82, 2.24) is 5.32 Å². The first-order valence-electron chi connectivity index (χ1n) is 8.57. The van der Waals surface area contributed by atoms with Gasteiger partial charge in [-0.15, -0.1) is 0 Å². The maximum absolute atomic E-state index is 11.8. The Morgan fingerprint density at radius 1 is 1.08 bits per heavy atom. The molecule has 1 amide bonds. The highest BCUT2D eigenvalue weighted by Gasteiger charge is 2.22. The quantitative estimate of drug-likeness (QED) is 0.440. The molecule has 0 spiro atoms. The van der Waals surface area contributed by atoms with E-state index in [1.165, 1.54) is 0 Å². The van der Waals surface area contributed by atoms with Crippen molar-refractivity contribution in [3.63, 3.8) is 0 Å². The van der Waals surface area contributed by atoms with Gasteiger partial charge in [0.05, 0.1) is 5.92 Å². The molecule has 3 atom stereocenters. The van der Waals surface area contributed by atoms with Gasteiger partial charge in [0.25, 0.3) is 6.29 Å². The van der Waals surface area contributed by atoms with Crippen LogP contribution in [0.5, 0.6) is 0 Å². The zero-order valence-corrected chi connectivity index (χ0v) is 15.3. The summed E-state index contributed by atoms with van der Waals surface area (Å²) in [6.45, 7) is 9.32. The number of carbonyl (C=O) groups is 3. The predicted octanol–water partition coefficient (Wildman–Crippen LogP) is 3.18. The number of rotatable bonds is 11. The molecule has 2 N–H and O–H groups in total. The third kappa shape index (κ3) is 9.37. The molecule has 7 nitrogen and oxygen atoms in total. The van der Waals surface area contributed by atoms with Gasteiger partial charge in [-0.2, -0.15) is 0 Å². The SMILES string of the molecule is CCC(=O)O[C@@H](OC(=O)NCCC(CC)C[C@H](C)C(=O)O)C(C)C. The van der Waals surface area contributed by atoms with Crippen LogP contribution in [0.2, 0.25) is 0 Å². The fourth-order valence-corrected chi connectivity index (χ4v) is 2.12. The summed E-state index contributed by atoms with van der Waals surface area (Å²) in [5.74, 6) is -1.56. The monoisotopic (exact) mass is 345 g/mol. The maximum Gasteiger partial charge on any atom is 0.410 e. The third-order valence-electron chi connectivity index (χ3n) is 3.81. The first-order chi connectivity index (χ1) is 11.2. The first kappa shape index (κ1) is 22.2. The Kier molecular flexibility index (Phi) is 10.8. The Morgan fingerprint density at radius 3 is 2.17 bits per heavy atom. The predicted molar refractivity (Wildman–Crippen MR) is 89.3 cm³/mol. The van der Waals surface area contributed by atoms with Gasteiger partial charge in [-0.1, -0.05) is 41.0 Å². The van der Waals surface area contributed by atoms with Crippen LogP contribution in [0.25, 0.3) is 0 Å². The molecule has 0 rings (SSSR count). The second kappa shape index (κ2) is 11.7. The minimum Gasteiger partial charge on any atom is -0.481 e. The van der Waals surface area contributed by atoms with E-state index >= 15 is 0 Å². The van der Waals surface area contributed by atoms with Crippen LogP contribution in [0.4, 0.5) is 4.79 Å². The van der Waals surface area contributed by atoms with Crippen molar-refractivity contribution in [2.45, 2.75) is 66.6 Å². The summed E-state index contributed by atoms with van der Waals surface area (Å²) >= 11 is 0. The van der Waals surface area contributed by atoms with Gasteiger partial charge in [0, 0.05) is 18.9 Å². The number of carboxylic acids is 1. The smallest absolute Gasteiger partial charge is 0.410 e. The zero-order chi connectivity index (χ0) is 18.7. The van der Waals surface area contributed by atoms with Crippen LogP contribution < -0.4 is 5.32 Å². The van der Waals surface area contributed by atoms with Crippen molar-refractivity contribution in [3.05, 3.63) is 0 Å². The second-order valence-electron chi connectivity index (χ2n) is 6.33. The lowest BCUT2D eigenvalue weighted by atomic mass is 9.91. The molecule has 0 aromatic heterocycles. The van der Waals surface area contributed by atoms with Crippen LogP contribution in [0.3, 0.4) is 0 Å². The summed E-state index contributed by atoms with van der Waals surface area (Å²) in [5.41, 5.74) is 0. The molecule has 7 heteroatoms. The standard InChI is InChI=1S/C17H31NO6/c1-6-13(10-12(5)15(20)21)8-9-18-17(22)24-16(11(3)4)23-14(19)7-2/h11-13,16H,6-10H2,1-5H3,(H,18,22)(H,20,21)/t12-,13?,16-/m0/s1. The highest BCUT2D eigenvalue weighted by Crippen LogP contribution is 2.19. The van der Waals surface area contributed by atoms with E-state index < -0.39 is 30.2 Å². The van der Waals surface area contributed by atoms with Gasteiger partial charge in [0.15, 0.2) is 0 Å². The molecule has 0 aliphatic carbocycles. The molecular weight excluding hydrogens is 314 g/mol. The van der Waals surface area contributed by atoms with Crippen molar-refractivity contribution < 1.29 is 29.0 Å². The summed E-state index contributed by atoms with van der Waals surface area (Å²) in [5, 5.41) is 11.6. The summed E-state index contributed by atoms with van der Waals surface area (Å²) in [6.07, 6.45) is 0.756. The fraction of sp³-hybridized carbons (Fsp3) is 0.824. The topological polar surface area (TPSA) is 102 Å². The molecule has 0 aliphatic heterocycles. The van der Waals surface area contributed by atoms with Gasteiger partial charge >= 0.3 is 18.0 Å². The summed E-state index contributed by atoms with van der Waals surface area (Å²) in [7, 11) is 0. The van der Waals surface area contributed by atoms with E-state index in [2.05, 4.69) is 5.32 Å². The maximum atomic E-state index is 11.8. The van der Waals surface area contributed by atoms with Gasteiger partial charge in [0.2, 0.25) is 0 Å². The fourth-order valence-electron chi connectivity index (χ4n) is 2.12. The number of nitrogens with one attached hydrogen (secondary N) is 1. The van der Waals surface area contributed by atoms with Crippen LogP contribution in [0.15, 0.2) is 0 Å². The Hall–Kier alpha value is -1.79. The van der Waals surface area contributed by atoms with E-state index in [0.717, 1.165) is 6.42 Å². The molecule has 0 saturated carbocycles. The largest absolute Gasteiger partial charge is 0.481 e. The highest BCUT2D eigenvalue weighted by atomic mass is 16.7. The van der Waals surface area contributed by atoms with Crippen molar-refractivity contribution in [3.8, 4) is 0 Å². The molecule has 0 fully saturated rings. The molecular formula is C17H31NO6.